The number of para-hydroxylation sites is 1. The molecule has 0 saturated carbocycles. The summed E-state index contributed by atoms with van der Waals surface area (Å²) < 4.78 is 5.42. The van der Waals surface area contributed by atoms with Crippen LogP contribution in [0.4, 0.5) is 0 Å². The Morgan fingerprint density at radius 1 is 1.36 bits per heavy atom. The van der Waals surface area contributed by atoms with Crippen molar-refractivity contribution in [3.63, 3.8) is 0 Å². The first-order valence-corrected chi connectivity index (χ1v) is 4.46. The van der Waals surface area contributed by atoms with Crippen molar-refractivity contribution in [3.05, 3.63) is 41.7 Å². The summed E-state index contributed by atoms with van der Waals surface area (Å²) in [6.45, 7) is 0. The molecule has 0 amide bonds. The van der Waals surface area contributed by atoms with Gasteiger partial charge in [-0.25, -0.2) is 4.79 Å². The van der Waals surface area contributed by atoms with Crippen LogP contribution in [-0.2, 0) is 0 Å². The number of carbonyl (C=O) groups is 1. The molecule has 3 heteroatoms. The lowest BCUT2D eigenvalue weighted by atomic mass is 10.1. The summed E-state index contributed by atoms with van der Waals surface area (Å²) in [5.74, 6) is 0.324. The molecule has 0 radical (unpaired) electrons. The molecule has 1 aliphatic carbocycles. The first-order chi connectivity index (χ1) is 6.77. The number of rotatable bonds is 3. The molecule has 1 N–H and O–H groups in total. The molecule has 0 bridgehead atoms. The molecular formula is C11H10O3. The van der Waals surface area contributed by atoms with E-state index in [2.05, 4.69) is 0 Å². The lowest BCUT2D eigenvalue weighted by Gasteiger charge is -2.16. The van der Waals surface area contributed by atoms with Gasteiger partial charge in [0.05, 0.1) is 0 Å². The first-order valence-electron chi connectivity index (χ1n) is 4.46. The predicted octanol–water partition coefficient (Wildman–Crippen LogP) is 2.44. The third-order valence-electron chi connectivity index (χ3n) is 2.12. The van der Waals surface area contributed by atoms with Crippen LogP contribution in [0.15, 0.2) is 36.1 Å². The standard InChI is InChI=1S/C11H10O3/c12-11(13)9-6-1-2-7-10(9)14-8-4-3-5-8/h1-2,4,6-7H,3,5H2,(H,12,13). The maximum absolute atomic E-state index is 10.8. The zero-order chi connectivity index (χ0) is 9.97. The zero-order valence-corrected chi connectivity index (χ0v) is 7.56. The third kappa shape index (κ3) is 1.62. The Hall–Kier alpha value is -1.77. The van der Waals surface area contributed by atoms with Crippen molar-refractivity contribution in [3.8, 4) is 5.75 Å². The van der Waals surface area contributed by atoms with E-state index in [1.807, 2.05) is 6.08 Å². The molecule has 1 aliphatic rings. The van der Waals surface area contributed by atoms with Gasteiger partial charge in [0.15, 0.2) is 0 Å². The summed E-state index contributed by atoms with van der Waals surface area (Å²) in [5.41, 5.74) is 0.209. The lowest BCUT2D eigenvalue weighted by molar-refractivity contribution is 0.0693. The van der Waals surface area contributed by atoms with Crippen LogP contribution in [0.2, 0.25) is 0 Å². The number of hydrogen-bond donors (Lipinski definition) is 1. The molecule has 3 nitrogen and oxygen atoms in total. The van der Waals surface area contributed by atoms with E-state index < -0.39 is 5.97 Å². The molecule has 0 atom stereocenters. The van der Waals surface area contributed by atoms with Crippen LogP contribution in [0, 0.1) is 0 Å². The van der Waals surface area contributed by atoms with Gasteiger partial charge in [-0.3, -0.25) is 0 Å². The molecule has 0 fully saturated rings. The van der Waals surface area contributed by atoms with Crippen molar-refractivity contribution in [1.29, 1.82) is 0 Å². The minimum absolute atomic E-state index is 0.209. The van der Waals surface area contributed by atoms with Crippen LogP contribution in [0.1, 0.15) is 23.2 Å². The Morgan fingerprint density at radius 2 is 2.07 bits per heavy atom. The molecule has 0 aromatic heterocycles. The highest BCUT2D eigenvalue weighted by Crippen LogP contribution is 2.26. The molecule has 0 unspecified atom stereocenters. The number of aromatic carboxylic acids is 1. The average Bonchev–Trinajstić information content (AvgIpc) is 2.12. The van der Waals surface area contributed by atoms with Crippen molar-refractivity contribution in [2.75, 3.05) is 0 Å². The Labute approximate surface area is 81.6 Å². The quantitative estimate of drug-likeness (QED) is 0.796. The Balaban J connectivity index is 2.26. The number of carboxylic acid groups (broad SMARTS) is 1. The zero-order valence-electron chi connectivity index (χ0n) is 7.56. The molecular weight excluding hydrogens is 180 g/mol. The lowest BCUT2D eigenvalue weighted by Crippen LogP contribution is -2.06. The summed E-state index contributed by atoms with van der Waals surface area (Å²) in [6.07, 6.45) is 3.87. The van der Waals surface area contributed by atoms with E-state index in [-0.39, 0.29) is 5.56 Å². The largest absolute Gasteiger partial charge is 0.478 e. The summed E-state index contributed by atoms with van der Waals surface area (Å²) in [6, 6.07) is 6.66. The van der Waals surface area contributed by atoms with E-state index in [9.17, 15) is 4.79 Å². The van der Waals surface area contributed by atoms with Crippen LogP contribution in [0.5, 0.6) is 5.75 Å². The fraction of sp³-hybridized carbons (Fsp3) is 0.182. The maximum Gasteiger partial charge on any atom is 0.339 e. The Kier molecular flexibility index (Phi) is 2.23. The second-order valence-corrected chi connectivity index (χ2v) is 3.11. The number of carboxylic acids is 1. The van der Waals surface area contributed by atoms with Crippen molar-refractivity contribution in [2.24, 2.45) is 0 Å². The van der Waals surface area contributed by atoms with Gasteiger partial charge in [0.1, 0.15) is 17.1 Å². The van der Waals surface area contributed by atoms with Crippen LogP contribution in [0.3, 0.4) is 0 Å². The number of ether oxygens (including phenoxy) is 1. The fourth-order valence-corrected chi connectivity index (χ4v) is 1.23. The van der Waals surface area contributed by atoms with Crippen molar-refractivity contribution >= 4 is 5.97 Å². The minimum Gasteiger partial charge on any atom is -0.478 e. The van der Waals surface area contributed by atoms with E-state index in [0.29, 0.717) is 5.75 Å². The fourth-order valence-electron chi connectivity index (χ4n) is 1.23. The van der Waals surface area contributed by atoms with Crippen molar-refractivity contribution < 1.29 is 14.6 Å². The molecule has 72 valence electrons. The number of allylic oxidation sites excluding steroid dienone is 2. The summed E-state index contributed by atoms with van der Waals surface area (Å²) >= 11 is 0. The SMILES string of the molecule is O=C(O)c1ccccc1OC1=CCC1. The highest BCUT2D eigenvalue weighted by Gasteiger charge is 2.14. The van der Waals surface area contributed by atoms with Gasteiger partial charge in [-0.2, -0.15) is 0 Å². The van der Waals surface area contributed by atoms with Gasteiger partial charge in [0.25, 0.3) is 0 Å². The topological polar surface area (TPSA) is 46.5 Å². The molecule has 1 aromatic rings. The molecule has 1 aromatic carbocycles. The molecule has 0 aliphatic heterocycles. The molecule has 2 rings (SSSR count). The maximum atomic E-state index is 10.8. The highest BCUT2D eigenvalue weighted by molar-refractivity contribution is 5.90. The second-order valence-electron chi connectivity index (χ2n) is 3.11. The van der Waals surface area contributed by atoms with Crippen molar-refractivity contribution in [2.45, 2.75) is 12.8 Å². The van der Waals surface area contributed by atoms with Crippen LogP contribution >= 0.6 is 0 Å². The molecule has 0 saturated heterocycles. The summed E-state index contributed by atoms with van der Waals surface area (Å²) in [7, 11) is 0. The van der Waals surface area contributed by atoms with Gasteiger partial charge in [0, 0.05) is 6.42 Å². The van der Waals surface area contributed by atoms with E-state index in [1.165, 1.54) is 6.07 Å². The minimum atomic E-state index is -0.958. The molecule has 0 heterocycles. The van der Waals surface area contributed by atoms with Crippen LogP contribution in [-0.4, -0.2) is 11.1 Å². The third-order valence-corrected chi connectivity index (χ3v) is 2.12. The van der Waals surface area contributed by atoms with E-state index in [0.717, 1.165) is 18.6 Å². The van der Waals surface area contributed by atoms with Gasteiger partial charge in [0.2, 0.25) is 0 Å². The van der Waals surface area contributed by atoms with Gasteiger partial charge < -0.3 is 9.84 Å². The highest BCUT2D eigenvalue weighted by atomic mass is 16.5. The first kappa shape index (κ1) is 8.81. The smallest absolute Gasteiger partial charge is 0.339 e. The molecule has 14 heavy (non-hydrogen) atoms. The van der Waals surface area contributed by atoms with Gasteiger partial charge >= 0.3 is 5.97 Å². The van der Waals surface area contributed by atoms with Gasteiger partial charge in [-0.1, -0.05) is 12.1 Å². The average molecular weight is 190 g/mol. The van der Waals surface area contributed by atoms with Crippen LogP contribution in [0.25, 0.3) is 0 Å². The van der Waals surface area contributed by atoms with Crippen LogP contribution < -0.4 is 4.74 Å². The summed E-state index contributed by atoms with van der Waals surface area (Å²) in [5, 5.41) is 8.87. The monoisotopic (exact) mass is 190 g/mol. The number of hydrogen-bond acceptors (Lipinski definition) is 2. The van der Waals surface area contributed by atoms with Gasteiger partial charge in [-0.15, -0.1) is 0 Å². The molecule has 0 spiro atoms. The van der Waals surface area contributed by atoms with Gasteiger partial charge in [-0.05, 0) is 24.6 Å². The second kappa shape index (κ2) is 3.54. The normalized spacial score (nSPS) is 14.1. The Bertz CT molecular complexity index is 393. The van der Waals surface area contributed by atoms with E-state index in [1.54, 1.807) is 18.2 Å². The van der Waals surface area contributed by atoms with E-state index >= 15 is 0 Å². The Morgan fingerprint density at radius 3 is 2.64 bits per heavy atom. The number of benzene rings is 1. The predicted molar refractivity (Wildman–Crippen MR) is 51.3 cm³/mol. The van der Waals surface area contributed by atoms with E-state index in [4.69, 9.17) is 9.84 Å². The summed E-state index contributed by atoms with van der Waals surface area (Å²) in [4.78, 5) is 10.8. The van der Waals surface area contributed by atoms with Crippen molar-refractivity contribution in [1.82, 2.24) is 0 Å².